The molecule has 16 heteroatoms. The molecule has 0 fully saturated rings. The number of aromatic amines is 1. The van der Waals surface area contributed by atoms with Gasteiger partial charge in [-0.25, -0.2) is 9.97 Å². The van der Waals surface area contributed by atoms with Gasteiger partial charge in [-0.05, 0) is 97.9 Å². The van der Waals surface area contributed by atoms with E-state index in [4.69, 9.17) is 62.6 Å². The summed E-state index contributed by atoms with van der Waals surface area (Å²) in [6.45, 7) is 14.4. The molecule has 0 spiro atoms. The molecule has 0 aliphatic carbocycles. The van der Waals surface area contributed by atoms with E-state index in [0.717, 1.165) is 63.2 Å². The predicted molar refractivity (Wildman–Crippen MR) is 256 cm³/mol. The third kappa shape index (κ3) is 15.5. The number of aliphatic hydroxyl groups excluding tert-OH is 2. The third-order valence-electron chi connectivity index (χ3n) is 11.1. The Morgan fingerprint density at radius 3 is 1.47 bits per heavy atom. The van der Waals surface area contributed by atoms with Gasteiger partial charge in [-0.2, -0.15) is 0 Å². The Balaban J connectivity index is 1.58. The van der Waals surface area contributed by atoms with Gasteiger partial charge in [0.1, 0.15) is 13.2 Å². The van der Waals surface area contributed by atoms with Gasteiger partial charge in [-0.3, -0.25) is 9.97 Å². The Hall–Kier alpha value is -4.62. The maximum Gasteiger partial charge on any atom is 0.163 e. The van der Waals surface area contributed by atoms with Crippen molar-refractivity contribution in [2.45, 2.75) is 66.2 Å². The smallest absolute Gasteiger partial charge is 0.163 e. The predicted octanol–water partition coefficient (Wildman–Crippen LogP) is 7.14. The van der Waals surface area contributed by atoms with Crippen molar-refractivity contribution in [3.05, 3.63) is 70.6 Å². The van der Waals surface area contributed by atoms with E-state index in [9.17, 15) is 10.2 Å². The van der Waals surface area contributed by atoms with Gasteiger partial charge in [0.05, 0.1) is 131 Å². The number of ether oxygens (including phenoxy) is 9. The van der Waals surface area contributed by atoms with Crippen LogP contribution in [0.15, 0.2) is 36.7 Å². The van der Waals surface area contributed by atoms with Crippen molar-refractivity contribution in [2.75, 3.05) is 120 Å². The van der Waals surface area contributed by atoms with Crippen LogP contribution in [-0.4, -0.2) is 155 Å². The number of methoxy groups -OCH3 is 2. The molecule has 66 heavy (non-hydrogen) atoms. The first-order valence-electron chi connectivity index (χ1n) is 23.2. The van der Waals surface area contributed by atoms with Crippen LogP contribution in [0.4, 0.5) is 0 Å². The maximum atomic E-state index is 9.88. The van der Waals surface area contributed by atoms with Crippen molar-refractivity contribution >= 4 is 44.4 Å². The molecule has 3 N–H and O–H groups in total. The zero-order chi connectivity index (χ0) is 46.9. The Labute approximate surface area is 389 Å². The molecule has 0 unspecified atom stereocenters. The summed E-state index contributed by atoms with van der Waals surface area (Å²) in [6, 6.07) is 7.86. The molecule has 1 aromatic carbocycles. The Bertz CT molecular complexity index is 2240. The van der Waals surface area contributed by atoms with E-state index in [-0.39, 0.29) is 26.4 Å². The fraction of sp³-hybridized carbons (Fsp3) is 0.560. The van der Waals surface area contributed by atoms with Crippen LogP contribution in [0.5, 0.6) is 11.5 Å². The van der Waals surface area contributed by atoms with E-state index in [1.54, 1.807) is 20.4 Å². The number of fused-ring (bicyclic) bond motifs is 7. The number of benzene rings is 1. The van der Waals surface area contributed by atoms with Crippen molar-refractivity contribution in [1.29, 1.82) is 0 Å². The molecule has 5 rings (SSSR count). The maximum absolute atomic E-state index is 9.88. The molecular weight excluding hydrogens is 847 g/mol. The fourth-order valence-corrected chi connectivity index (χ4v) is 7.63. The number of allylic oxidation sites excluding steroid dienone is 4. The number of nitrogens with zero attached hydrogens (tertiary/aromatic N) is 4. The fourth-order valence-electron chi connectivity index (χ4n) is 7.63. The molecule has 3 aromatic rings. The number of aromatic nitrogens is 5. The molecule has 0 radical (unpaired) electrons. The van der Waals surface area contributed by atoms with Crippen LogP contribution in [0.25, 0.3) is 44.4 Å². The molecule has 0 amide bonds. The average molecular weight is 918 g/mol. The van der Waals surface area contributed by atoms with Crippen molar-refractivity contribution < 1.29 is 52.8 Å². The van der Waals surface area contributed by atoms with Crippen LogP contribution in [0, 0.1) is 6.92 Å². The summed E-state index contributed by atoms with van der Waals surface area (Å²) in [6.07, 6.45) is 7.74. The van der Waals surface area contributed by atoms with Crippen LogP contribution >= 0.6 is 0 Å². The molecule has 0 saturated carbocycles. The lowest BCUT2D eigenvalue weighted by molar-refractivity contribution is -0.0000190. The number of aryl methyl sites for hydroxylation is 2. The second-order valence-electron chi connectivity index (χ2n) is 15.6. The highest BCUT2D eigenvalue weighted by atomic mass is 16.6. The van der Waals surface area contributed by atoms with E-state index < -0.39 is 0 Å². The van der Waals surface area contributed by atoms with Crippen LogP contribution in [0.3, 0.4) is 0 Å². The van der Waals surface area contributed by atoms with Gasteiger partial charge in [0.15, 0.2) is 11.5 Å². The Kier molecular flexibility index (Phi) is 23.2. The molecule has 16 nitrogen and oxygen atoms in total. The van der Waals surface area contributed by atoms with Gasteiger partial charge in [-0.15, -0.1) is 0 Å². The summed E-state index contributed by atoms with van der Waals surface area (Å²) < 4.78 is 50.9. The molecule has 362 valence electrons. The highest BCUT2D eigenvalue weighted by molar-refractivity contribution is 5.95. The topological polar surface area (TPSA) is 191 Å². The minimum Gasteiger partial charge on any atom is -0.487 e. The van der Waals surface area contributed by atoms with Gasteiger partial charge in [0.25, 0.3) is 0 Å². The molecule has 2 aromatic heterocycles. The number of hydrogen-bond donors (Lipinski definition) is 3. The molecule has 2 aliphatic heterocycles. The van der Waals surface area contributed by atoms with Gasteiger partial charge >= 0.3 is 0 Å². The molecule has 2 aliphatic rings. The quantitative estimate of drug-likeness (QED) is 0.0552. The average Bonchev–Trinajstić information content (AvgIpc) is 3.92. The summed E-state index contributed by atoms with van der Waals surface area (Å²) in [5.74, 6) is 0.927. The van der Waals surface area contributed by atoms with E-state index in [2.05, 4.69) is 37.9 Å². The first-order chi connectivity index (χ1) is 32.4. The van der Waals surface area contributed by atoms with Crippen molar-refractivity contribution in [3.63, 3.8) is 0 Å². The molecule has 0 atom stereocenters. The van der Waals surface area contributed by atoms with Crippen molar-refractivity contribution in [3.8, 4) is 11.5 Å². The van der Waals surface area contributed by atoms with Crippen molar-refractivity contribution in [2.24, 2.45) is 0 Å². The monoisotopic (exact) mass is 918 g/mol. The lowest BCUT2D eigenvalue weighted by Gasteiger charge is -2.14. The zero-order valence-corrected chi connectivity index (χ0v) is 39.9. The van der Waals surface area contributed by atoms with Gasteiger partial charge < -0.3 is 57.8 Å². The minimum absolute atomic E-state index is 0.0652. The second-order valence-corrected chi connectivity index (χ2v) is 15.6. The SMILES string of the molecule is CCC1=C(CC)c2cc3[nH]c(cnc4cc(OCCOCCOCCOCCOC)c(OCCOCCOCCOC)cc4ncc4nc(cc1n2)C(CCCO)=C4C)c(C)c3CCCO. The van der Waals surface area contributed by atoms with Crippen LogP contribution < -0.4 is 9.47 Å². The third-order valence-corrected chi connectivity index (χ3v) is 11.1. The van der Waals surface area contributed by atoms with Crippen LogP contribution in [0.1, 0.15) is 86.8 Å². The summed E-state index contributed by atoms with van der Waals surface area (Å²) in [5, 5.41) is 19.8. The zero-order valence-electron chi connectivity index (χ0n) is 39.9. The lowest BCUT2D eigenvalue weighted by Crippen LogP contribution is -2.14. The van der Waals surface area contributed by atoms with E-state index >= 15 is 0 Å². The van der Waals surface area contributed by atoms with E-state index in [0.29, 0.717) is 133 Å². The summed E-state index contributed by atoms with van der Waals surface area (Å²) in [4.78, 5) is 24.1. The Morgan fingerprint density at radius 2 is 0.955 bits per heavy atom. The van der Waals surface area contributed by atoms with Crippen LogP contribution in [-0.2, 0) is 39.6 Å². The van der Waals surface area contributed by atoms with Gasteiger partial charge in [0, 0.05) is 45.1 Å². The first-order valence-corrected chi connectivity index (χ1v) is 23.2. The number of aliphatic hydroxyl groups is 2. The molecule has 6 bridgehead atoms. The minimum atomic E-state index is 0.0652. The summed E-state index contributed by atoms with van der Waals surface area (Å²) in [5.41, 5.74) is 12.7. The standard InChI is InChI=1S/C50H71N5O11/c1-7-37-38(8-2)42-30-44-40(12-10-14-57)36(4)48(55-44)34-52-46-32-50(66-28-26-64-24-22-62-21-19-60-17-15-58-5)49(65-27-25-63-23-20-61-18-16-59-6)31-45(46)51-33-47-35(3)39(11-9-13-56)43(54-47)29-41(37)53-42/h29-34,55-57H,7-28H2,1-6H3. The molecule has 0 saturated heterocycles. The van der Waals surface area contributed by atoms with E-state index in [1.165, 1.54) is 11.1 Å². The number of rotatable bonds is 31. The summed E-state index contributed by atoms with van der Waals surface area (Å²) >= 11 is 0. The summed E-state index contributed by atoms with van der Waals surface area (Å²) in [7, 11) is 3.28. The van der Waals surface area contributed by atoms with E-state index in [1.807, 2.05) is 25.3 Å². The second kappa shape index (κ2) is 29.2. The highest BCUT2D eigenvalue weighted by Crippen LogP contribution is 2.38. The Morgan fingerprint density at radius 1 is 0.500 bits per heavy atom. The number of H-pyrrole nitrogens is 1. The lowest BCUT2D eigenvalue weighted by atomic mass is 9.98. The molecular formula is C50H71N5O11. The highest BCUT2D eigenvalue weighted by Gasteiger charge is 2.22. The van der Waals surface area contributed by atoms with Gasteiger partial charge in [0.2, 0.25) is 0 Å². The largest absolute Gasteiger partial charge is 0.487 e. The number of nitrogens with one attached hydrogen (secondary N) is 1. The van der Waals surface area contributed by atoms with Crippen LogP contribution in [0.2, 0.25) is 0 Å². The van der Waals surface area contributed by atoms with Gasteiger partial charge in [-0.1, -0.05) is 13.8 Å². The number of hydrogen-bond acceptors (Lipinski definition) is 15. The normalized spacial score (nSPS) is 12.7. The molecule has 4 heterocycles. The van der Waals surface area contributed by atoms with Crippen molar-refractivity contribution in [1.82, 2.24) is 24.9 Å². The first kappa shape index (κ1) is 52.4.